The van der Waals surface area contributed by atoms with Gasteiger partial charge in [-0.15, -0.1) is 0 Å². The molecule has 0 aliphatic carbocycles. The summed E-state index contributed by atoms with van der Waals surface area (Å²) in [5.74, 6) is 1.81. The van der Waals surface area contributed by atoms with Crippen molar-refractivity contribution in [3.8, 4) is 0 Å². The molecule has 3 rings (SSSR count). The molecule has 1 atom stereocenters. The molecule has 0 radical (unpaired) electrons. The molecule has 1 aliphatic rings. The Balaban J connectivity index is 1.72. The fourth-order valence-corrected chi connectivity index (χ4v) is 3.24. The molecule has 3 N–H and O–H groups in total. The van der Waals surface area contributed by atoms with Gasteiger partial charge in [0.05, 0.1) is 6.04 Å². The van der Waals surface area contributed by atoms with Gasteiger partial charge in [-0.2, -0.15) is 4.98 Å². The molecule has 0 bridgehead atoms. The maximum atomic E-state index is 5.64. The molecule has 1 saturated heterocycles. The average molecular weight is 341 g/mol. The van der Waals surface area contributed by atoms with Crippen LogP contribution in [0.1, 0.15) is 56.3 Å². The first kappa shape index (κ1) is 17.4. The van der Waals surface area contributed by atoms with Gasteiger partial charge in [-0.05, 0) is 32.8 Å². The Hall–Kier alpha value is -2.44. The van der Waals surface area contributed by atoms with E-state index in [0.29, 0.717) is 5.82 Å². The lowest BCUT2D eigenvalue weighted by Gasteiger charge is -2.25. The summed E-state index contributed by atoms with van der Waals surface area (Å²) in [4.78, 5) is 19.8. The summed E-state index contributed by atoms with van der Waals surface area (Å²) in [6.45, 7) is 6.20. The lowest BCUT2D eigenvalue weighted by Crippen LogP contribution is -2.29. The largest absolute Gasteiger partial charge is 0.368 e. The van der Waals surface area contributed by atoms with E-state index in [0.717, 1.165) is 30.3 Å². The summed E-state index contributed by atoms with van der Waals surface area (Å²) in [5.41, 5.74) is 7.69. The number of hydrogen-bond acceptors (Lipinski definition) is 7. The molecule has 7 nitrogen and oxygen atoms in total. The Labute approximate surface area is 149 Å². The molecule has 2 aromatic heterocycles. The average Bonchev–Trinajstić information content (AvgIpc) is 2.54. The van der Waals surface area contributed by atoms with Crippen molar-refractivity contribution >= 4 is 17.7 Å². The van der Waals surface area contributed by atoms with Crippen LogP contribution in [0.3, 0.4) is 0 Å². The van der Waals surface area contributed by atoms with Gasteiger partial charge in [0.1, 0.15) is 5.82 Å². The lowest BCUT2D eigenvalue weighted by molar-refractivity contribution is 0.550. The molecule has 1 fully saturated rings. The molecule has 0 aromatic carbocycles. The number of nitrogen functional groups attached to an aromatic ring is 1. The van der Waals surface area contributed by atoms with Crippen molar-refractivity contribution in [2.75, 3.05) is 29.0 Å². The van der Waals surface area contributed by atoms with Crippen molar-refractivity contribution in [3.05, 3.63) is 29.7 Å². The van der Waals surface area contributed by atoms with E-state index in [2.05, 4.69) is 32.1 Å². The van der Waals surface area contributed by atoms with E-state index in [9.17, 15) is 0 Å². The quantitative estimate of drug-likeness (QED) is 0.882. The van der Waals surface area contributed by atoms with E-state index < -0.39 is 0 Å². The third-order valence-electron chi connectivity index (χ3n) is 4.65. The highest BCUT2D eigenvalue weighted by Gasteiger charge is 2.16. The van der Waals surface area contributed by atoms with Gasteiger partial charge in [0.15, 0.2) is 0 Å². The molecule has 2 aromatic rings. The second kappa shape index (κ2) is 8.09. The Kier molecular flexibility index (Phi) is 5.63. The molecule has 0 amide bonds. The molecule has 1 aliphatic heterocycles. The predicted molar refractivity (Wildman–Crippen MR) is 101 cm³/mol. The standard InChI is InChI=1S/C18H27N7/c1-13(22-16-8-9-20-17(19)24-16)15-12-21-18(23-14(15)2)25-10-6-4-3-5-7-11-25/h8-9,12-13H,3-7,10-11H2,1-2H3,(H3,19,20,22,24)/t13-/m1/s1. The summed E-state index contributed by atoms with van der Waals surface area (Å²) in [5, 5.41) is 3.33. The fourth-order valence-electron chi connectivity index (χ4n) is 3.24. The number of aromatic nitrogens is 4. The molecule has 3 heterocycles. The summed E-state index contributed by atoms with van der Waals surface area (Å²) in [7, 11) is 0. The Morgan fingerprint density at radius 1 is 1.08 bits per heavy atom. The zero-order chi connectivity index (χ0) is 17.6. The molecule has 0 saturated carbocycles. The van der Waals surface area contributed by atoms with Gasteiger partial charge in [-0.3, -0.25) is 0 Å². The Morgan fingerprint density at radius 2 is 1.80 bits per heavy atom. The number of hydrogen-bond donors (Lipinski definition) is 2. The number of rotatable bonds is 4. The van der Waals surface area contributed by atoms with Gasteiger partial charge in [0.25, 0.3) is 0 Å². The maximum Gasteiger partial charge on any atom is 0.225 e. The number of anilines is 3. The summed E-state index contributed by atoms with van der Waals surface area (Å²) >= 11 is 0. The van der Waals surface area contributed by atoms with Crippen LogP contribution >= 0.6 is 0 Å². The molecule has 25 heavy (non-hydrogen) atoms. The van der Waals surface area contributed by atoms with Crippen molar-refractivity contribution in [3.63, 3.8) is 0 Å². The van der Waals surface area contributed by atoms with Crippen LogP contribution < -0.4 is 16.0 Å². The molecular formula is C18H27N7. The summed E-state index contributed by atoms with van der Waals surface area (Å²) < 4.78 is 0. The van der Waals surface area contributed by atoms with Crippen molar-refractivity contribution in [2.24, 2.45) is 0 Å². The molecular weight excluding hydrogens is 314 g/mol. The predicted octanol–water partition coefficient (Wildman–Crippen LogP) is 3.10. The van der Waals surface area contributed by atoms with E-state index in [1.165, 1.54) is 32.1 Å². The van der Waals surface area contributed by atoms with Crippen LogP contribution in [0.15, 0.2) is 18.5 Å². The monoisotopic (exact) mass is 341 g/mol. The van der Waals surface area contributed by atoms with Gasteiger partial charge in [-0.1, -0.05) is 19.3 Å². The minimum absolute atomic E-state index is 0.0377. The first-order valence-corrected chi connectivity index (χ1v) is 9.07. The van der Waals surface area contributed by atoms with Crippen LogP contribution in [0.25, 0.3) is 0 Å². The highest BCUT2D eigenvalue weighted by molar-refractivity contribution is 5.42. The fraction of sp³-hybridized carbons (Fsp3) is 0.556. The van der Waals surface area contributed by atoms with Crippen molar-refractivity contribution in [1.29, 1.82) is 0 Å². The summed E-state index contributed by atoms with van der Waals surface area (Å²) in [6.07, 6.45) is 9.97. The molecule has 0 spiro atoms. The van der Waals surface area contributed by atoms with Crippen LogP contribution in [-0.4, -0.2) is 33.0 Å². The van der Waals surface area contributed by atoms with Crippen LogP contribution in [0.4, 0.5) is 17.7 Å². The third kappa shape index (κ3) is 4.55. The number of aryl methyl sites for hydroxylation is 1. The van der Waals surface area contributed by atoms with E-state index >= 15 is 0 Å². The van der Waals surface area contributed by atoms with Crippen molar-refractivity contribution in [2.45, 2.75) is 52.0 Å². The zero-order valence-corrected chi connectivity index (χ0v) is 15.1. The van der Waals surface area contributed by atoms with Gasteiger partial charge < -0.3 is 16.0 Å². The van der Waals surface area contributed by atoms with Crippen LogP contribution in [0.5, 0.6) is 0 Å². The van der Waals surface area contributed by atoms with Crippen LogP contribution in [0.2, 0.25) is 0 Å². The second-order valence-electron chi connectivity index (χ2n) is 6.63. The highest BCUT2D eigenvalue weighted by atomic mass is 15.2. The third-order valence-corrected chi connectivity index (χ3v) is 4.65. The highest BCUT2D eigenvalue weighted by Crippen LogP contribution is 2.22. The first-order chi connectivity index (χ1) is 12.1. The maximum absolute atomic E-state index is 5.64. The van der Waals surface area contributed by atoms with Gasteiger partial charge in [0, 0.05) is 36.7 Å². The minimum Gasteiger partial charge on any atom is -0.368 e. The van der Waals surface area contributed by atoms with Crippen molar-refractivity contribution < 1.29 is 0 Å². The normalized spacial score (nSPS) is 16.8. The number of nitrogens with zero attached hydrogens (tertiary/aromatic N) is 5. The first-order valence-electron chi connectivity index (χ1n) is 9.07. The zero-order valence-electron chi connectivity index (χ0n) is 15.1. The van der Waals surface area contributed by atoms with E-state index in [1.54, 1.807) is 12.3 Å². The number of nitrogens with two attached hydrogens (primary N) is 1. The van der Waals surface area contributed by atoms with E-state index in [1.807, 2.05) is 13.1 Å². The van der Waals surface area contributed by atoms with Gasteiger partial charge in [-0.25, -0.2) is 15.0 Å². The van der Waals surface area contributed by atoms with Gasteiger partial charge in [0.2, 0.25) is 11.9 Å². The van der Waals surface area contributed by atoms with Crippen LogP contribution in [0, 0.1) is 6.92 Å². The topological polar surface area (TPSA) is 92.9 Å². The van der Waals surface area contributed by atoms with Gasteiger partial charge >= 0.3 is 0 Å². The SMILES string of the molecule is Cc1nc(N2CCCCCCC2)ncc1[C@@H](C)Nc1ccnc(N)n1. The number of nitrogens with one attached hydrogen (secondary N) is 1. The second-order valence-corrected chi connectivity index (χ2v) is 6.63. The Morgan fingerprint density at radius 3 is 2.48 bits per heavy atom. The van der Waals surface area contributed by atoms with E-state index in [4.69, 9.17) is 10.7 Å². The van der Waals surface area contributed by atoms with Crippen molar-refractivity contribution in [1.82, 2.24) is 19.9 Å². The lowest BCUT2D eigenvalue weighted by atomic mass is 10.1. The van der Waals surface area contributed by atoms with Crippen LogP contribution in [-0.2, 0) is 0 Å². The smallest absolute Gasteiger partial charge is 0.225 e. The molecule has 0 unspecified atom stereocenters. The summed E-state index contributed by atoms with van der Waals surface area (Å²) in [6, 6.07) is 1.84. The molecule has 134 valence electrons. The van der Waals surface area contributed by atoms with E-state index in [-0.39, 0.29) is 12.0 Å². The molecule has 7 heteroatoms. The minimum atomic E-state index is 0.0377. The Bertz CT molecular complexity index is 696.